The summed E-state index contributed by atoms with van der Waals surface area (Å²) in [5, 5.41) is 14.0. The standard InChI is InChI=1S/C31H29FN4O3/c1-17-21-8-3-2-5-18(21)11-12-35(17)30(37)27-15-28(19-6-4-7-19)36-29(33-27)16-26(34-36)22-10-9-20(13-25(22)32)23-14-24(23)31(38)39/h2-3,5,8-10,13,15-17,19,23-24H,4,6-7,11-12,14H2,1H3,(H,38,39)/t17-,23+,24-/m1/s1. The fraction of sp³-hybridized carbons (Fsp3) is 0.355. The second kappa shape index (κ2) is 9.00. The molecule has 8 heteroatoms. The SMILES string of the molecule is C[C@@H]1c2ccccc2CCN1C(=O)c1cc(C2CCC2)n2nc(-c3ccc([C@@H]4C[C@H]4C(=O)O)cc3F)cc2n1. The number of hydrogen-bond acceptors (Lipinski definition) is 4. The average molecular weight is 525 g/mol. The molecule has 2 aromatic heterocycles. The number of fused-ring (bicyclic) bond motifs is 2. The molecular formula is C31H29FN4O3. The fourth-order valence-electron chi connectivity index (χ4n) is 6.24. The Labute approximate surface area is 225 Å². The van der Waals surface area contributed by atoms with Crippen molar-refractivity contribution in [3.63, 3.8) is 0 Å². The predicted molar refractivity (Wildman–Crippen MR) is 143 cm³/mol. The van der Waals surface area contributed by atoms with Crippen LogP contribution in [0.25, 0.3) is 16.9 Å². The van der Waals surface area contributed by atoms with Crippen molar-refractivity contribution in [1.29, 1.82) is 0 Å². The van der Waals surface area contributed by atoms with E-state index in [9.17, 15) is 14.7 Å². The minimum Gasteiger partial charge on any atom is -0.481 e. The lowest BCUT2D eigenvalue weighted by Crippen LogP contribution is -2.39. The van der Waals surface area contributed by atoms with E-state index >= 15 is 4.39 Å². The topological polar surface area (TPSA) is 87.8 Å². The monoisotopic (exact) mass is 524 g/mol. The molecule has 4 aromatic rings. The molecule has 1 N–H and O–H groups in total. The molecule has 0 radical (unpaired) electrons. The van der Waals surface area contributed by atoms with Gasteiger partial charge in [0, 0.05) is 29.8 Å². The quantitative estimate of drug-likeness (QED) is 0.359. The van der Waals surface area contributed by atoms with Gasteiger partial charge >= 0.3 is 5.97 Å². The summed E-state index contributed by atoms with van der Waals surface area (Å²) in [5.41, 5.74) is 5.79. The van der Waals surface area contributed by atoms with Crippen LogP contribution in [0, 0.1) is 11.7 Å². The van der Waals surface area contributed by atoms with Gasteiger partial charge in [0.15, 0.2) is 5.65 Å². The van der Waals surface area contributed by atoms with E-state index in [1.165, 1.54) is 17.2 Å². The normalized spacial score (nSPS) is 22.4. The molecule has 2 fully saturated rings. The molecule has 0 unspecified atom stereocenters. The smallest absolute Gasteiger partial charge is 0.307 e. The highest BCUT2D eigenvalue weighted by Gasteiger charge is 2.44. The fourth-order valence-corrected chi connectivity index (χ4v) is 6.24. The lowest BCUT2D eigenvalue weighted by atomic mass is 9.82. The summed E-state index contributed by atoms with van der Waals surface area (Å²) in [5.74, 6) is -1.68. The third kappa shape index (κ3) is 4.01. The van der Waals surface area contributed by atoms with E-state index in [0.717, 1.165) is 31.4 Å². The number of carbonyl (C=O) groups is 2. The number of rotatable bonds is 5. The Bertz CT molecular complexity index is 1640. The molecule has 3 heterocycles. The number of halogens is 1. The summed E-state index contributed by atoms with van der Waals surface area (Å²) in [4.78, 5) is 31.6. The van der Waals surface area contributed by atoms with E-state index in [1.807, 2.05) is 23.1 Å². The van der Waals surface area contributed by atoms with Crippen LogP contribution in [0.15, 0.2) is 54.6 Å². The van der Waals surface area contributed by atoms with Crippen molar-refractivity contribution in [2.45, 2.75) is 56.9 Å². The summed E-state index contributed by atoms with van der Waals surface area (Å²) < 4.78 is 17.0. The summed E-state index contributed by atoms with van der Waals surface area (Å²) in [6, 6.07) is 16.7. The van der Waals surface area contributed by atoms with Gasteiger partial charge in [0.2, 0.25) is 0 Å². The molecule has 2 saturated carbocycles. The van der Waals surface area contributed by atoms with E-state index < -0.39 is 17.7 Å². The predicted octanol–water partition coefficient (Wildman–Crippen LogP) is 5.75. The van der Waals surface area contributed by atoms with Gasteiger partial charge in [-0.1, -0.05) is 36.8 Å². The molecule has 1 aliphatic heterocycles. The number of aliphatic carboxylic acids is 1. The third-order valence-electron chi connectivity index (χ3n) is 8.86. The first-order valence-corrected chi connectivity index (χ1v) is 13.7. The van der Waals surface area contributed by atoms with Crippen LogP contribution in [0.4, 0.5) is 4.39 Å². The molecule has 0 bridgehead atoms. The van der Waals surface area contributed by atoms with E-state index in [0.29, 0.717) is 41.1 Å². The second-order valence-corrected chi connectivity index (χ2v) is 11.1. The number of hydrogen-bond donors (Lipinski definition) is 1. The minimum atomic E-state index is -0.840. The van der Waals surface area contributed by atoms with Crippen molar-refractivity contribution in [2.75, 3.05) is 6.54 Å². The number of benzene rings is 2. The lowest BCUT2D eigenvalue weighted by Gasteiger charge is -2.35. The van der Waals surface area contributed by atoms with Crippen LogP contribution in [0.2, 0.25) is 0 Å². The van der Waals surface area contributed by atoms with Crippen molar-refractivity contribution < 1.29 is 19.1 Å². The molecule has 2 aromatic carbocycles. The maximum atomic E-state index is 15.3. The molecule has 1 amide bonds. The number of carboxylic acid groups (broad SMARTS) is 1. The van der Waals surface area contributed by atoms with Gasteiger partial charge in [0.25, 0.3) is 5.91 Å². The zero-order chi connectivity index (χ0) is 26.8. The Kier molecular flexibility index (Phi) is 5.54. The molecule has 0 saturated heterocycles. The Morgan fingerprint density at radius 3 is 2.62 bits per heavy atom. The second-order valence-electron chi connectivity index (χ2n) is 11.1. The molecule has 7 nitrogen and oxygen atoms in total. The molecule has 0 spiro atoms. The zero-order valence-corrected chi connectivity index (χ0v) is 21.7. The Morgan fingerprint density at radius 1 is 1.08 bits per heavy atom. The van der Waals surface area contributed by atoms with Crippen LogP contribution in [0.1, 0.15) is 83.4 Å². The van der Waals surface area contributed by atoms with Gasteiger partial charge in [0.05, 0.1) is 17.7 Å². The summed E-state index contributed by atoms with van der Waals surface area (Å²) >= 11 is 0. The van der Waals surface area contributed by atoms with Crippen molar-refractivity contribution in [3.8, 4) is 11.3 Å². The molecule has 3 atom stereocenters. The van der Waals surface area contributed by atoms with Gasteiger partial charge < -0.3 is 10.0 Å². The summed E-state index contributed by atoms with van der Waals surface area (Å²) in [7, 11) is 0. The van der Waals surface area contributed by atoms with Crippen molar-refractivity contribution in [3.05, 3.63) is 88.5 Å². The van der Waals surface area contributed by atoms with E-state index in [1.54, 1.807) is 22.7 Å². The summed E-state index contributed by atoms with van der Waals surface area (Å²) in [6.07, 6.45) is 4.51. The number of amides is 1. The van der Waals surface area contributed by atoms with Gasteiger partial charge in [-0.3, -0.25) is 9.59 Å². The number of carboxylic acids is 1. The van der Waals surface area contributed by atoms with Gasteiger partial charge in [-0.2, -0.15) is 5.10 Å². The minimum absolute atomic E-state index is 0.0482. The molecular weight excluding hydrogens is 495 g/mol. The first-order valence-electron chi connectivity index (χ1n) is 13.7. The molecule has 3 aliphatic rings. The third-order valence-corrected chi connectivity index (χ3v) is 8.86. The Hall–Kier alpha value is -4.07. The molecule has 39 heavy (non-hydrogen) atoms. The number of nitrogens with zero attached hydrogens (tertiary/aromatic N) is 4. The average Bonchev–Trinajstić information content (AvgIpc) is 3.60. The van der Waals surface area contributed by atoms with Crippen LogP contribution in [0.5, 0.6) is 0 Å². The molecule has 198 valence electrons. The largest absolute Gasteiger partial charge is 0.481 e. The van der Waals surface area contributed by atoms with E-state index in [4.69, 9.17) is 10.1 Å². The van der Waals surface area contributed by atoms with Gasteiger partial charge in [-0.15, -0.1) is 0 Å². The molecule has 7 rings (SSSR count). The first-order chi connectivity index (χ1) is 18.9. The first kappa shape index (κ1) is 24.0. The van der Waals surface area contributed by atoms with Gasteiger partial charge in [-0.25, -0.2) is 13.9 Å². The lowest BCUT2D eigenvalue weighted by molar-refractivity contribution is -0.138. The van der Waals surface area contributed by atoms with Crippen LogP contribution in [-0.4, -0.2) is 43.0 Å². The van der Waals surface area contributed by atoms with Gasteiger partial charge in [0.1, 0.15) is 11.5 Å². The highest BCUT2D eigenvalue weighted by atomic mass is 19.1. The maximum absolute atomic E-state index is 15.3. The highest BCUT2D eigenvalue weighted by Crippen LogP contribution is 2.48. The Morgan fingerprint density at radius 2 is 1.90 bits per heavy atom. The van der Waals surface area contributed by atoms with Crippen LogP contribution >= 0.6 is 0 Å². The zero-order valence-electron chi connectivity index (χ0n) is 21.7. The highest BCUT2D eigenvalue weighted by molar-refractivity contribution is 5.93. The summed E-state index contributed by atoms with van der Waals surface area (Å²) in [6.45, 7) is 2.69. The van der Waals surface area contributed by atoms with E-state index in [-0.39, 0.29) is 23.8 Å². The van der Waals surface area contributed by atoms with Gasteiger partial charge in [-0.05, 0) is 73.4 Å². The van der Waals surface area contributed by atoms with Crippen LogP contribution < -0.4 is 0 Å². The van der Waals surface area contributed by atoms with Crippen LogP contribution in [-0.2, 0) is 11.2 Å². The number of aromatic nitrogens is 3. The Balaban J connectivity index is 1.24. The molecule has 2 aliphatic carbocycles. The maximum Gasteiger partial charge on any atom is 0.307 e. The van der Waals surface area contributed by atoms with Crippen LogP contribution in [0.3, 0.4) is 0 Å². The van der Waals surface area contributed by atoms with Crippen molar-refractivity contribution >= 4 is 17.5 Å². The van der Waals surface area contributed by atoms with E-state index in [2.05, 4.69) is 19.1 Å². The van der Waals surface area contributed by atoms with Crippen molar-refractivity contribution in [1.82, 2.24) is 19.5 Å². The number of carbonyl (C=O) groups excluding carboxylic acids is 1. The van der Waals surface area contributed by atoms with Crippen molar-refractivity contribution in [2.24, 2.45) is 5.92 Å².